The predicted molar refractivity (Wildman–Crippen MR) is 53.8 cm³/mol. The summed E-state index contributed by atoms with van der Waals surface area (Å²) in [7, 11) is 0. The Labute approximate surface area is 82.5 Å². The van der Waals surface area contributed by atoms with E-state index in [0.29, 0.717) is 11.5 Å². The van der Waals surface area contributed by atoms with E-state index in [2.05, 4.69) is 17.1 Å². The highest BCUT2D eigenvalue weighted by molar-refractivity contribution is 8.02. The molecule has 74 valence electrons. The highest BCUT2D eigenvalue weighted by atomic mass is 32.2. The summed E-state index contributed by atoms with van der Waals surface area (Å²) in [5.41, 5.74) is 5.95. The molecule has 0 saturated carbocycles. The molecule has 4 nitrogen and oxygen atoms in total. The Morgan fingerprint density at radius 1 is 1.77 bits per heavy atom. The zero-order valence-electron chi connectivity index (χ0n) is 7.69. The molecule has 2 rings (SSSR count). The van der Waals surface area contributed by atoms with Crippen LogP contribution in [-0.2, 0) is 4.74 Å². The Balaban J connectivity index is 1.92. The second kappa shape index (κ2) is 3.77. The lowest BCUT2D eigenvalue weighted by Gasteiger charge is -2.37. The van der Waals surface area contributed by atoms with Crippen molar-refractivity contribution in [3.63, 3.8) is 0 Å². The topological polar surface area (TPSA) is 50.5 Å². The first-order valence-corrected chi connectivity index (χ1v) is 5.43. The van der Waals surface area contributed by atoms with E-state index >= 15 is 0 Å². The van der Waals surface area contributed by atoms with Crippen molar-refractivity contribution in [3.8, 4) is 0 Å². The van der Waals surface area contributed by atoms with E-state index in [9.17, 15) is 0 Å². The maximum atomic E-state index is 5.65. The first-order valence-electron chi connectivity index (χ1n) is 4.48. The van der Waals surface area contributed by atoms with Gasteiger partial charge in [-0.1, -0.05) is 11.8 Å². The van der Waals surface area contributed by atoms with Crippen LogP contribution in [0.15, 0.2) is 11.2 Å². The molecule has 0 aromatic heterocycles. The molecule has 0 radical (unpaired) electrons. The van der Waals surface area contributed by atoms with E-state index < -0.39 is 0 Å². The molecule has 2 aliphatic rings. The number of hydrogen-bond donors (Lipinski definition) is 2. The molecule has 0 spiro atoms. The number of nitrogens with zero attached hydrogens (tertiary/aromatic N) is 1. The van der Waals surface area contributed by atoms with E-state index in [1.807, 2.05) is 5.41 Å². The van der Waals surface area contributed by atoms with E-state index in [1.165, 1.54) is 0 Å². The monoisotopic (exact) mass is 201 g/mol. The van der Waals surface area contributed by atoms with Crippen LogP contribution in [0.4, 0.5) is 0 Å². The van der Waals surface area contributed by atoms with Crippen LogP contribution in [0, 0.1) is 0 Å². The summed E-state index contributed by atoms with van der Waals surface area (Å²) in [6, 6.07) is 0.470. The van der Waals surface area contributed by atoms with Crippen molar-refractivity contribution >= 4 is 11.8 Å². The SMILES string of the molecule is CC1COCCN1C1NC(N)=CS1. The number of nitrogens with two attached hydrogens (primary N) is 1. The van der Waals surface area contributed by atoms with Gasteiger partial charge in [0.2, 0.25) is 0 Å². The summed E-state index contributed by atoms with van der Waals surface area (Å²) >= 11 is 1.73. The van der Waals surface area contributed by atoms with Crippen LogP contribution in [0.5, 0.6) is 0 Å². The van der Waals surface area contributed by atoms with Gasteiger partial charge in [0.1, 0.15) is 11.3 Å². The van der Waals surface area contributed by atoms with Crippen LogP contribution in [0.25, 0.3) is 0 Å². The maximum absolute atomic E-state index is 5.65. The molecule has 5 heteroatoms. The summed E-state index contributed by atoms with van der Waals surface area (Å²) in [5, 5.41) is 5.19. The summed E-state index contributed by atoms with van der Waals surface area (Å²) in [5.74, 6) is 0.772. The Morgan fingerprint density at radius 2 is 2.62 bits per heavy atom. The molecular formula is C8H15N3OS. The fourth-order valence-electron chi connectivity index (χ4n) is 1.60. The molecule has 0 aliphatic carbocycles. The fraction of sp³-hybridized carbons (Fsp3) is 0.750. The van der Waals surface area contributed by atoms with Gasteiger partial charge in [0.05, 0.1) is 13.2 Å². The lowest BCUT2D eigenvalue weighted by molar-refractivity contribution is -0.00877. The molecule has 1 saturated heterocycles. The minimum atomic E-state index is 0.305. The van der Waals surface area contributed by atoms with Gasteiger partial charge in [0.15, 0.2) is 0 Å². The molecular weight excluding hydrogens is 186 g/mol. The van der Waals surface area contributed by atoms with Crippen LogP contribution in [-0.4, -0.2) is 36.2 Å². The summed E-state index contributed by atoms with van der Waals surface area (Å²) in [6.07, 6.45) is 0. The number of thioether (sulfide) groups is 1. The summed E-state index contributed by atoms with van der Waals surface area (Å²) in [6.45, 7) is 4.80. The lowest BCUT2D eigenvalue weighted by atomic mass is 10.3. The number of nitrogens with one attached hydrogen (secondary N) is 1. The van der Waals surface area contributed by atoms with Crippen molar-refractivity contribution in [2.24, 2.45) is 5.73 Å². The van der Waals surface area contributed by atoms with Crippen molar-refractivity contribution in [3.05, 3.63) is 11.2 Å². The minimum absolute atomic E-state index is 0.305. The van der Waals surface area contributed by atoms with Crippen LogP contribution in [0.1, 0.15) is 6.92 Å². The van der Waals surface area contributed by atoms with Crippen molar-refractivity contribution in [1.29, 1.82) is 0 Å². The highest BCUT2D eigenvalue weighted by Crippen LogP contribution is 2.24. The number of ether oxygens (including phenoxy) is 1. The normalized spacial score (nSPS) is 35.6. The predicted octanol–water partition coefficient (Wildman–Crippen LogP) is 0.0847. The number of morpholine rings is 1. The summed E-state index contributed by atoms with van der Waals surface area (Å²) < 4.78 is 5.37. The summed E-state index contributed by atoms with van der Waals surface area (Å²) in [4.78, 5) is 2.38. The first kappa shape index (κ1) is 9.18. The van der Waals surface area contributed by atoms with Gasteiger partial charge >= 0.3 is 0 Å². The second-order valence-corrected chi connectivity index (χ2v) is 4.32. The average molecular weight is 201 g/mol. The molecule has 1 fully saturated rings. The zero-order valence-corrected chi connectivity index (χ0v) is 8.51. The standard InChI is InChI=1S/C8H15N3OS/c1-6-4-12-3-2-11(6)8-10-7(9)5-13-8/h5-6,8,10H,2-4,9H2,1H3. The number of rotatable bonds is 1. The largest absolute Gasteiger partial charge is 0.385 e. The molecule has 2 atom stereocenters. The Kier molecular flexibility index (Phi) is 2.66. The lowest BCUT2D eigenvalue weighted by Crippen LogP contribution is -2.52. The molecule has 0 aromatic carbocycles. The van der Waals surface area contributed by atoms with Gasteiger partial charge in [-0.2, -0.15) is 0 Å². The Hall–Kier alpha value is -0.390. The van der Waals surface area contributed by atoms with Gasteiger partial charge in [0.25, 0.3) is 0 Å². The molecule has 0 aromatic rings. The molecule has 0 amide bonds. The van der Waals surface area contributed by atoms with Crippen LogP contribution < -0.4 is 11.1 Å². The van der Waals surface area contributed by atoms with Gasteiger partial charge in [-0.15, -0.1) is 0 Å². The average Bonchev–Trinajstić information content (AvgIpc) is 2.53. The van der Waals surface area contributed by atoms with Crippen LogP contribution in [0.2, 0.25) is 0 Å². The first-order chi connectivity index (χ1) is 6.27. The second-order valence-electron chi connectivity index (χ2n) is 3.37. The van der Waals surface area contributed by atoms with E-state index in [0.717, 1.165) is 25.6 Å². The van der Waals surface area contributed by atoms with E-state index in [-0.39, 0.29) is 0 Å². The van der Waals surface area contributed by atoms with Crippen LogP contribution in [0.3, 0.4) is 0 Å². The molecule has 13 heavy (non-hydrogen) atoms. The minimum Gasteiger partial charge on any atom is -0.385 e. The molecule has 2 aliphatic heterocycles. The van der Waals surface area contributed by atoms with Crippen molar-refractivity contribution < 1.29 is 4.74 Å². The smallest absolute Gasteiger partial charge is 0.133 e. The fourth-order valence-corrected chi connectivity index (χ4v) is 2.62. The molecule has 0 bridgehead atoms. The van der Waals surface area contributed by atoms with Crippen LogP contribution >= 0.6 is 11.8 Å². The molecule has 2 heterocycles. The molecule has 3 N–H and O–H groups in total. The third-order valence-corrected chi connectivity index (χ3v) is 3.37. The quantitative estimate of drug-likeness (QED) is 0.629. The Bertz CT molecular complexity index is 221. The van der Waals surface area contributed by atoms with Gasteiger partial charge in [-0.25, -0.2) is 0 Å². The van der Waals surface area contributed by atoms with Gasteiger partial charge in [-0.05, 0) is 6.92 Å². The molecule has 2 unspecified atom stereocenters. The third kappa shape index (κ3) is 1.92. The maximum Gasteiger partial charge on any atom is 0.133 e. The Morgan fingerprint density at radius 3 is 3.23 bits per heavy atom. The van der Waals surface area contributed by atoms with Crippen molar-refractivity contribution in [1.82, 2.24) is 10.2 Å². The van der Waals surface area contributed by atoms with Crippen molar-refractivity contribution in [2.75, 3.05) is 19.8 Å². The zero-order chi connectivity index (χ0) is 9.26. The van der Waals surface area contributed by atoms with Gasteiger partial charge in [0, 0.05) is 18.0 Å². The highest BCUT2D eigenvalue weighted by Gasteiger charge is 2.28. The van der Waals surface area contributed by atoms with Crippen molar-refractivity contribution in [2.45, 2.75) is 18.5 Å². The van der Waals surface area contributed by atoms with Gasteiger partial charge < -0.3 is 15.8 Å². The number of hydrogen-bond acceptors (Lipinski definition) is 5. The van der Waals surface area contributed by atoms with E-state index in [4.69, 9.17) is 10.5 Å². The third-order valence-electron chi connectivity index (χ3n) is 2.33. The van der Waals surface area contributed by atoms with E-state index in [1.54, 1.807) is 11.8 Å². The van der Waals surface area contributed by atoms with Gasteiger partial charge in [-0.3, -0.25) is 4.90 Å².